The summed E-state index contributed by atoms with van der Waals surface area (Å²) < 4.78 is 28.1. The van der Waals surface area contributed by atoms with E-state index in [0.717, 1.165) is 22.2 Å². The van der Waals surface area contributed by atoms with E-state index in [9.17, 15) is 13.6 Å². The van der Waals surface area contributed by atoms with E-state index in [2.05, 4.69) is 26.6 Å². The van der Waals surface area contributed by atoms with Crippen molar-refractivity contribution >= 4 is 33.2 Å². The van der Waals surface area contributed by atoms with E-state index in [4.69, 9.17) is 0 Å². The molecule has 0 radical (unpaired) electrons. The van der Waals surface area contributed by atoms with Crippen LogP contribution >= 0.6 is 15.9 Å². The molecule has 1 amide bonds. The van der Waals surface area contributed by atoms with Crippen molar-refractivity contribution < 1.29 is 13.6 Å². The molecule has 0 aromatic heterocycles. The van der Waals surface area contributed by atoms with Crippen molar-refractivity contribution in [1.29, 1.82) is 0 Å². The number of hydrogen-bond acceptors (Lipinski definition) is 2. The lowest BCUT2D eigenvalue weighted by molar-refractivity contribution is 0.102. The topological polar surface area (TPSA) is 41.1 Å². The molecule has 0 spiro atoms. The van der Waals surface area contributed by atoms with Gasteiger partial charge in [-0.15, -0.1) is 0 Å². The quantitative estimate of drug-likeness (QED) is 0.861. The molecule has 0 aliphatic rings. The number of hydrogen-bond donors (Lipinski definition) is 2. The highest BCUT2D eigenvalue weighted by Crippen LogP contribution is 2.23. The Morgan fingerprint density at radius 1 is 1.14 bits per heavy atom. The molecular weight excluding hydrogens is 342 g/mol. The minimum absolute atomic E-state index is 0.0827. The number of benzene rings is 2. The summed E-state index contributed by atoms with van der Waals surface area (Å²) in [4.78, 5) is 12.0. The van der Waals surface area contributed by atoms with Crippen LogP contribution in [0.25, 0.3) is 0 Å². The van der Waals surface area contributed by atoms with Crippen molar-refractivity contribution in [2.75, 3.05) is 17.7 Å². The predicted molar refractivity (Wildman–Crippen MR) is 82.7 cm³/mol. The van der Waals surface area contributed by atoms with Crippen LogP contribution in [-0.4, -0.2) is 13.0 Å². The SMILES string of the molecule is CNc1c(F)cc(C(=O)Nc2ccc(C)c(Br)c2)cc1F. The van der Waals surface area contributed by atoms with Crippen molar-refractivity contribution in [3.05, 3.63) is 57.6 Å². The lowest BCUT2D eigenvalue weighted by Crippen LogP contribution is -2.13. The molecule has 0 fully saturated rings. The second-order valence-corrected chi connectivity index (χ2v) is 5.34. The minimum atomic E-state index is -0.812. The number of carbonyl (C=O) groups is 1. The van der Waals surface area contributed by atoms with Crippen LogP contribution in [0.2, 0.25) is 0 Å². The third kappa shape index (κ3) is 3.39. The number of anilines is 2. The Labute approximate surface area is 129 Å². The molecule has 110 valence electrons. The first kappa shape index (κ1) is 15.4. The third-order valence-corrected chi connectivity index (χ3v) is 3.84. The zero-order valence-corrected chi connectivity index (χ0v) is 13.0. The summed E-state index contributed by atoms with van der Waals surface area (Å²) in [5, 5.41) is 5.00. The molecule has 3 nitrogen and oxygen atoms in total. The predicted octanol–water partition coefficient (Wildman–Crippen LogP) is 4.33. The van der Waals surface area contributed by atoms with Gasteiger partial charge in [-0.1, -0.05) is 22.0 Å². The number of nitrogens with one attached hydrogen (secondary N) is 2. The average molecular weight is 355 g/mol. The van der Waals surface area contributed by atoms with E-state index in [1.807, 2.05) is 13.0 Å². The van der Waals surface area contributed by atoms with Gasteiger partial charge in [0.05, 0.1) is 0 Å². The Kier molecular flexibility index (Phi) is 4.57. The molecule has 0 saturated heterocycles. The van der Waals surface area contributed by atoms with Crippen LogP contribution < -0.4 is 10.6 Å². The second-order valence-electron chi connectivity index (χ2n) is 4.48. The summed E-state index contributed by atoms with van der Waals surface area (Å²) in [7, 11) is 1.41. The fraction of sp³-hybridized carbons (Fsp3) is 0.133. The molecular formula is C15H13BrF2N2O. The second kappa shape index (κ2) is 6.22. The highest BCUT2D eigenvalue weighted by Gasteiger charge is 2.14. The first-order valence-corrected chi connectivity index (χ1v) is 6.96. The molecule has 2 aromatic rings. The molecule has 6 heteroatoms. The zero-order chi connectivity index (χ0) is 15.6. The Hall–Kier alpha value is -1.95. The Morgan fingerprint density at radius 2 is 1.76 bits per heavy atom. The van der Waals surface area contributed by atoms with Gasteiger partial charge in [0.1, 0.15) is 17.3 Å². The van der Waals surface area contributed by atoms with E-state index in [-0.39, 0.29) is 11.3 Å². The van der Waals surface area contributed by atoms with Crippen LogP contribution in [0.4, 0.5) is 20.2 Å². The van der Waals surface area contributed by atoms with Crippen molar-refractivity contribution in [2.24, 2.45) is 0 Å². The fourth-order valence-electron chi connectivity index (χ4n) is 1.82. The number of carbonyl (C=O) groups excluding carboxylic acids is 1. The number of halogens is 3. The molecule has 0 saturated carbocycles. The van der Waals surface area contributed by atoms with E-state index in [1.54, 1.807) is 12.1 Å². The Balaban J connectivity index is 2.26. The monoisotopic (exact) mass is 354 g/mol. The van der Waals surface area contributed by atoms with Gasteiger partial charge in [0.2, 0.25) is 0 Å². The molecule has 2 aromatic carbocycles. The first-order chi connectivity index (χ1) is 9.92. The summed E-state index contributed by atoms with van der Waals surface area (Å²) in [6, 6.07) is 7.25. The minimum Gasteiger partial charge on any atom is -0.383 e. The van der Waals surface area contributed by atoms with Crippen molar-refractivity contribution in [2.45, 2.75) is 6.92 Å². The van der Waals surface area contributed by atoms with E-state index in [1.165, 1.54) is 7.05 Å². The van der Waals surface area contributed by atoms with Gasteiger partial charge in [-0.05, 0) is 36.8 Å². The van der Waals surface area contributed by atoms with Crippen LogP contribution in [0.15, 0.2) is 34.8 Å². The largest absolute Gasteiger partial charge is 0.383 e. The molecule has 0 unspecified atom stereocenters. The maximum Gasteiger partial charge on any atom is 0.255 e. The van der Waals surface area contributed by atoms with Gasteiger partial charge in [0.15, 0.2) is 0 Å². The smallest absolute Gasteiger partial charge is 0.255 e. The molecule has 21 heavy (non-hydrogen) atoms. The van der Waals surface area contributed by atoms with Gasteiger partial charge in [0, 0.05) is 22.8 Å². The molecule has 0 atom stereocenters. The molecule has 0 aliphatic carbocycles. The van der Waals surface area contributed by atoms with Crippen LogP contribution in [0, 0.1) is 18.6 Å². The first-order valence-electron chi connectivity index (χ1n) is 6.16. The van der Waals surface area contributed by atoms with E-state index >= 15 is 0 Å². The maximum atomic E-state index is 13.6. The molecule has 0 bridgehead atoms. The number of amides is 1. The van der Waals surface area contributed by atoms with Crippen LogP contribution in [-0.2, 0) is 0 Å². The molecule has 0 heterocycles. The fourth-order valence-corrected chi connectivity index (χ4v) is 2.20. The summed E-state index contributed by atoms with van der Waals surface area (Å²) in [5.74, 6) is -2.20. The van der Waals surface area contributed by atoms with Gasteiger partial charge in [0.25, 0.3) is 5.91 Å². The molecule has 0 aliphatic heterocycles. The van der Waals surface area contributed by atoms with Gasteiger partial charge in [-0.2, -0.15) is 0 Å². The van der Waals surface area contributed by atoms with Crippen LogP contribution in [0.3, 0.4) is 0 Å². The highest BCUT2D eigenvalue weighted by atomic mass is 79.9. The van der Waals surface area contributed by atoms with Crippen LogP contribution in [0.5, 0.6) is 0 Å². The summed E-state index contributed by atoms with van der Waals surface area (Å²) in [6.07, 6.45) is 0. The van der Waals surface area contributed by atoms with Crippen molar-refractivity contribution in [3.8, 4) is 0 Å². The number of rotatable bonds is 3. The lowest BCUT2D eigenvalue weighted by atomic mass is 10.1. The highest BCUT2D eigenvalue weighted by molar-refractivity contribution is 9.10. The zero-order valence-electron chi connectivity index (χ0n) is 11.4. The summed E-state index contributed by atoms with van der Waals surface area (Å²) in [6.45, 7) is 1.91. The summed E-state index contributed by atoms with van der Waals surface area (Å²) in [5.41, 5.74) is 1.21. The van der Waals surface area contributed by atoms with Crippen LogP contribution in [0.1, 0.15) is 15.9 Å². The summed E-state index contributed by atoms with van der Waals surface area (Å²) >= 11 is 3.35. The lowest BCUT2D eigenvalue weighted by Gasteiger charge is -2.09. The van der Waals surface area contributed by atoms with Gasteiger partial charge in [-0.25, -0.2) is 8.78 Å². The number of aryl methyl sites for hydroxylation is 1. The van der Waals surface area contributed by atoms with Gasteiger partial charge >= 0.3 is 0 Å². The van der Waals surface area contributed by atoms with E-state index in [0.29, 0.717) is 5.69 Å². The average Bonchev–Trinajstić information content (AvgIpc) is 2.42. The maximum absolute atomic E-state index is 13.6. The van der Waals surface area contributed by atoms with Gasteiger partial charge < -0.3 is 10.6 Å². The third-order valence-electron chi connectivity index (χ3n) is 2.98. The van der Waals surface area contributed by atoms with Crippen molar-refractivity contribution in [1.82, 2.24) is 0 Å². The Morgan fingerprint density at radius 3 is 2.29 bits per heavy atom. The van der Waals surface area contributed by atoms with Gasteiger partial charge in [-0.3, -0.25) is 4.79 Å². The van der Waals surface area contributed by atoms with Crippen molar-refractivity contribution in [3.63, 3.8) is 0 Å². The normalized spacial score (nSPS) is 10.3. The molecule has 2 rings (SSSR count). The Bertz CT molecular complexity index is 681. The standard InChI is InChI=1S/C15H13BrF2N2O/c1-8-3-4-10(7-11(8)16)20-15(21)9-5-12(17)14(19-2)13(18)6-9/h3-7,19H,1-2H3,(H,20,21). The van der Waals surface area contributed by atoms with E-state index < -0.39 is 17.5 Å². The molecule has 2 N–H and O–H groups in total.